The molecule has 3 saturated heterocycles. The minimum Gasteiger partial charge on any atom is -0.444 e. The van der Waals surface area contributed by atoms with Crippen LogP contribution in [-0.2, 0) is 9.53 Å². The van der Waals surface area contributed by atoms with Gasteiger partial charge in [-0.15, -0.1) is 0 Å². The third kappa shape index (κ3) is 4.91. The molecule has 4 aliphatic rings. The quantitative estimate of drug-likeness (QED) is 0.605. The van der Waals surface area contributed by atoms with E-state index in [0.717, 1.165) is 18.4 Å². The average molecular weight is 510 g/mol. The minimum atomic E-state index is -0.653. The van der Waals surface area contributed by atoms with E-state index in [4.69, 9.17) is 4.74 Å². The number of piperidine rings is 1. The Hall–Kier alpha value is -3.12. The fraction of sp³-hybridized carbons (Fsp3) is 0.607. The first-order chi connectivity index (χ1) is 17.5. The van der Waals surface area contributed by atoms with Crippen LogP contribution in [0.15, 0.2) is 36.5 Å². The molecular weight excluding hydrogens is 473 g/mol. The Kier molecular flexibility index (Phi) is 6.43. The van der Waals surface area contributed by atoms with E-state index in [1.165, 1.54) is 12.1 Å². The second-order valence-electron chi connectivity index (χ2n) is 11.9. The number of nitrogens with one attached hydrogen (secondary N) is 1. The number of alkyl carbamates (subject to hydrolysis) is 1. The highest BCUT2D eigenvalue weighted by Crippen LogP contribution is 2.49. The number of rotatable bonds is 7. The van der Waals surface area contributed by atoms with Crippen LogP contribution in [0.4, 0.5) is 9.18 Å². The van der Waals surface area contributed by atoms with E-state index in [0.29, 0.717) is 37.2 Å². The largest absolute Gasteiger partial charge is 0.444 e. The van der Waals surface area contributed by atoms with E-state index in [1.54, 1.807) is 12.1 Å². The van der Waals surface area contributed by atoms with Crippen molar-refractivity contribution < 1.29 is 18.7 Å². The molecule has 37 heavy (non-hydrogen) atoms. The molecule has 3 aliphatic heterocycles. The molecule has 1 aliphatic carbocycles. The maximum absolute atomic E-state index is 13.5. The molecule has 1 saturated carbocycles. The van der Waals surface area contributed by atoms with Gasteiger partial charge in [0.25, 0.3) is 0 Å². The maximum atomic E-state index is 13.5. The third-order valence-electron chi connectivity index (χ3n) is 8.18. The van der Waals surface area contributed by atoms with E-state index in [2.05, 4.69) is 27.8 Å². The number of hydrogen-bond donors (Lipinski definition) is 1. The third-order valence-corrected chi connectivity index (χ3v) is 8.18. The summed E-state index contributed by atoms with van der Waals surface area (Å²) in [6, 6.07) is 7.86. The lowest BCUT2D eigenvalue weighted by Crippen LogP contribution is -2.56. The molecule has 1 N–H and O–H groups in total. The van der Waals surface area contributed by atoms with Gasteiger partial charge >= 0.3 is 6.09 Å². The summed E-state index contributed by atoms with van der Waals surface area (Å²) in [6.07, 6.45) is 2.04. The second-order valence-corrected chi connectivity index (χ2v) is 11.9. The first-order valence-corrected chi connectivity index (χ1v) is 13.1. The highest BCUT2D eigenvalue weighted by molar-refractivity contribution is 5.86. The fourth-order valence-electron chi connectivity index (χ4n) is 6.38. The molecule has 4 fully saturated rings. The minimum absolute atomic E-state index is 0.0412. The summed E-state index contributed by atoms with van der Waals surface area (Å²) in [4.78, 5) is 32.3. The number of nitrogens with zero attached hydrogens (tertiary/aromatic N) is 4. The highest BCUT2D eigenvalue weighted by Gasteiger charge is 2.55. The van der Waals surface area contributed by atoms with Crippen molar-refractivity contribution in [3.63, 3.8) is 0 Å². The molecule has 1 aromatic rings. The lowest BCUT2D eigenvalue weighted by atomic mass is 10.1. The molecule has 0 radical (unpaired) electrons. The summed E-state index contributed by atoms with van der Waals surface area (Å²) in [7, 11) is 0. The summed E-state index contributed by atoms with van der Waals surface area (Å²) in [5.74, 6) is 0.261. The number of piperazine rings is 1. The summed E-state index contributed by atoms with van der Waals surface area (Å²) >= 11 is 0. The molecule has 0 aromatic heterocycles. The van der Waals surface area contributed by atoms with Crippen molar-refractivity contribution in [2.24, 2.45) is 5.92 Å². The molecular formula is C28H36FN5O3. The number of fused-ring (bicyclic) bond motifs is 3. The molecule has 1 aromatic carbocycles. The monoisotopic (exact) mass is 509 g/mol. The van der Waals surface area contributed by atoms with Crippen molar-refractivity contribution >= 4 is 12.0 Å². The maximum Gasteiger partial charge on any atom is 0.408 e. The number of carbonyl (C=O) groups excluding carboxylic acids is 2. The van der Waals surface area contributed by atoms with Crippen molar-refractivity contribution in [1.29, 1.82) is 5.26 Å². The zero-order chi connectivity index (χ0) is 26.6. The molecule has 5 rings (SSSR count). The van der Waals surface area contributed by atoms with Crippen LogP contribution in [0.2, 0.25) is 0 Å². The number of carbonyl (C=O) groups is 2. The molecule has 198 valence electrons. The van der Waals surface area contributed by atoms with Crippen molar-refractivity contribution in [3.05, 3.63) is 47.9 Å². The van der Waals surface area contributed by atoms with Gasteiger partial charge in [0.1, 0.15) is 17.5 Å². The number of nitriles is 1. The Morgan fingerprint density at radius 2 is 1.97 bits per heavy atom. The van der Waals surface area contributed by atoms with E-state index >= 15 is 0 Å². The average Bonchev–Trinajstić information content (AvgIpc) is 3.15. The van der Waals surface area contributed by atoms with Gasteiger partial charge in [0.05, 0.1) is 24.2 Å². The Labute approximate surface area is 218 Å². The van der Waals surface area contributed by atoms with E-state index in [9.17, 15) is 19.2 Å². The number of hydrogen-bond acceptors (Lipinski definition) is 6. The Morgan fingerprint density at radius 1 is 1.27 bits per heavy atom. The number of benzene rings is 1. The molecule has 2 bridgehead atoms. The van der Waals surface area contributed by atoms with E-state index in [-0.39, 0.29) is 35.9 Å². The van der Waals surface area contributed by atoms with Gasteiger partial charge in [-0.25, -0.2) is 9.18 Å². The predicted molar refractivity (Wildman–Crippen MR) is 135 cm³/mol. The summed E-state index contributed by atoms with van der Waals surface area (Å²) in [5, 5.41) is 12.7. The normalized spacial score (nSPS) is 30.1. The fourth-order valence-corrected chi connectivity index (χ4v) is 6.38. The summed E-state index contributed by atoms with van der Waals surface area (Å²) in [5.41, 5.74) is 0.955. The van der Waals surface area contributed by atoms with Crippen LogP contribution in [0.3, 0.4) is 0 Å². The van der Waals surface area contributed by atoms with Crippen LogP contribution in [0.5, 0.6) is 0 Å². The lowest BCUT2D eigenvalue weighted by Gasteiger charge is -2.40. The van der Waals surface area contributed by atoms with Crippen molar-refractivity contribution in [2.45, 2.75) is 88.8 Å². The molecule has 2 amide bonds. The first-order valence-electron chi connectivity index (χ1n) is 13.1. The lowest BCUT2D eigenvalue weighted by molar-refractivity contribution is -0.139. The van der Waals surface area contributed by atoms with E-state index < -0.39 is 17.7 Å². The van der Waals surface area contributed by atoms with Crippen molar-refractivity contribution in [1.82, 2.24) is 20.0 Å². The van der Waals surface area contributed by atoms with Crippen LogP contribution < -0.4 is 5.32 Å². The van der Waals surface area contributed by atoms with Gasteiger partial charge in [-0.2, -0.15) is 5.26 Å². The smallest absolute Gasteiger partial charge is 0.408 e. The Bertz CT molecular complexity index is 1130. The van der Waals surface area contributed by atoms with Crippen LogP contribution in [0.1, 0.15) is 58.6 Å². The van der Waals surface area contributed by atoms with Gasteiger partial charge in [0.2, 0.25) is 5.91 Å². The van der Waals surface area contributed by atoms with Crippen molar-refractivity contribution in [3.8, 4) is 6.07 Å². The molecule has 9 heteroatoms. The molecule has 8 nitrogen and oxygen atoms in total. The topological polar surface area (TPSA) is 88.9 Å². The summed E-state index contributed by atoms with van der Waals surface area (Å²) < 4.78 is 18.9. The SMILES string of the molecule is C=C(C(CN1C[C@@H]2CC1C(=O)N2[C@@H](C)c1ccc(F)cc1)NC(=O)OC(C)(C)C)N1C(C#N)CC2CC21. The van der Waals surface area contributed by atoms with Crippen LogP contribution >= 0.6 is 0 Å². The van der Waals surface area contributed by atoms with Gasteiger partial charge in [0.15, 0.2) is 0 Å². The van der Waals surface area contributed by atoms with Gasteiger partial charge < -0.3 is 19.9 Å². The molecule has 7 atom stereocenters. The number of likely N-dealkylation sites (tertiary alicyclic amines) is 3. The number of amides is 2. The Balaban J connectivity index is 1.30. The molecule has 3 heterocycles. The van der Waals surface area contributed by atoms with Gasteiger partial charge in [-0.1, -0.05) is 18.7 Å². The van der Waals surface area contributed by atoms with Gasteiger partial charge in [-0.05, 0) is 70.6 Å². The van der Waals surface area contributed by atoms with Crippen LogP contribution in [0.25, 0.3) is 0 Å². The number of ether oxygens (including phenoxy) is 1. The van der Waals surface area contributed by atoms with E-state index in [1.807, 2.05) is 32.6 Å². The highest BCUT2D eigenvalue weighted by atomic mass is 19.1. The van der Waals surface area contributed by atoms with Crippen LogP contribution in [0, 0.1) is 23.1 Å². The first kappa shape index (κ1) is 25.5. The zero-order valence-corrected chi connectivity index (χ0v) is 22.0. The summed E-state index contributed by atoms with van der Waals surface area (Å²) in [6.45, 7) is 12.8. The standard InChI is InChI=1S/C28H36FN5O3/c1-16(18-6-8-20(29)9-7-18)34-22-12-25(26(34)35)32(14-22)15-23(31-27(36)37-28(3,4)5)17(2)33-21(13-30)10-19-11-24(19)33/h6-9,16,19,21-25H,2,10-12,14-15H2,1,3-5H3,(H,31,36)/t16-,19?,21?,22-,23?,24?,25?/m0/s1. The zero-order valence-electron chi connectivity index (χ0n) is 22.0. The van der Waals surface area contributed by atoms with Gasteiger partial charge in [-0.3, -0.25) is 9.69 Å². The Morgan fingerprint density at radius 3 is 2.59 bits per heavy atom. The molecule has 5 unspecified atom stereocenters. The second kappa shape index (κ2) is 9.32. The molecule has 0 spiro atoms. The van der Waals surface area contributed by atoms with Gasteiger partial charge in [0, 0.05) is 30.9 Å². The van der Waals surface area contributed by atoms with Crippen molar-refractivity contribution in [2.75, 3.05) is 13.1 Å². The number of halogens is 1. The predicted octanol–water partition coefficient (Wildman–Crippen LogP) is 3.57. The van der Waals surface area contributed by atoms with Crippen LogP contribution in [-0.4, -0.2) is 75.6 Å².